The van der Waals surface area contributed by atoms with Gasteiger partial charge in [-0.25, -0.2) is 13.6 Å². The monoisotopic (exact) mass is 321 g/mol. The fraction of sp³-hybridized carbons (Fsp3) is 0. The van der Waals surface area contributed by atoms with Crippen LogP contribution in [0.15, 0.2) is 52.4 Å². The Morgan fingerprint density at radius 2 is 1.95 bits per heavy atom. The third kappa shape index (κ3) is 3.65. The molecular formula is C13H11N3O5S. The molecule has 0 amide bonds. The molecule has 0 aliphatic carbocycles. The maximum atomic E-state index is 11.2. The number of primary sulfonamides is 1. The van der Waals surface area contributed by atoms with Gasteiger partial charge in [0.2, 0.25) is 10.0 Å². The van der Waals surface area contributed by atoms with Gasteiger partial charge >= 0.3 is 0 Å². The first kappa shape index (κ1) is 15.6. The van der Waals surface area contributed by atoms with E-state index in [0.29, 0.717) is 0 Å². The number of nitro groups is 1. The number of hydrogen-bond acceptors (Lipinski definition) is 6. The van der Waals surface area contributed by atoms with Gasteiger partial charge in [-0.3, -0.25) is 15.1 Å². The smallest absolute Gasteiger partial charge is 0.270 e. The zero-order valence-electron chi connectivity index (χ0n) is 11.1. The Bertz CT molecular complexity index is 862. The first-order chi connectivity index (χ1) is 10.3. The van der Waals surface area contributed by atoms with E-state index in [2.05, 4.69) is 4.99 Å². The number of sulfonamides is 1. The molecule has 0 aliphatic rings. The number of rotatable bonds is 4. The molecule has 114 valence electrons. The van der Waals surface area contributed by atoms with Crippen LogP contribution in [0.25, 0.3) is 0 Å². The number of phenols is 1. The quantitative estimate of drug-likeness (QED) is 0.501. The van der Waals surface area contributed by atoms with Crippen LogP contribution in [0.4, 0.5) is 11.4 Å². The van der Waals surface area contributed by atoms with Gasteiger partial charge in [0, 0.05) is 23.9 Å². The number of aromatic hydroxyl groups is 1. The van der Waals surface area contributed by atoms with Gasteiger partial charge in [0.05, 0.1) is 15.5 Å². The lowest BCUT2D eigenvalue weighted by molar-refractivity contribution is -0.384. The molecule has 0 atom stereocenters. The van der Waals surface area contributed by atoms with Gasteiger partial charge in [-0.05, 0) is 24.3 Å². The number of non-ortho nitro benzene ring substituents is 1. The lowest BCUT2D eigenvalue weighted by atomic mass is 10.2. The summed E-state index contributed by atoms with van der Waals surface area (Å²) < 4.78 is 22.5. The van der Waals surface area contributed by atoms with E-state index in [4.69, 9.17) is 5.14 Å². The third-order valence-electron chi connectivity index (χ3n) is 2.72. The molecule has 0 heterocycles. The molecule has 0 saturated heterocycles. The number of aliphatic imine (C=N–C) groups is 1. The zero-order valence-corrected chi connectivity index (χ0v) is 11.9. The second-order valence-electron chi connectivity index (χ2n) is 4.30. The maximum absolute atomic E-state index is 11.2. The topological polar surface area (TPSA) is 136 Å². The van der Waals surface area contributed by atoms with Crippen LogP contribution in [0.3, 0.4) is 0 Å². The van der Waals surface area contributed by atoms with Gasteiger partial charge in [0.15, 0.2) is 0 Å². The Balaban J connectivity index is 2.37. The van der Waals surface area contributed by atoms with Crippen molar-refractivity contribution in [2.24, 2.45) is 10.1 Å². The van der Waals surface area contributed by atoms with Crippen molar-refractivity contribution in [1.29, 1.82) is 0 Å². The van der Waals surface area contributed by atoms with Gasteiger partial charge in [-0.1, -0.05) is 6.07 Å². The van der Waals surface area contributed by atoms with Crippen LogP contribution in [0, 0.1) is 10.1 Å². The largest absolute Gasteiger partial charge is 0.507 e. The fourth-order valence-corrected chi connectivity index (χ4v) is 2.20. The minimum absolute atomic E-state index is 0.106. The van der Waals surface area contributed by atoms with Crippen LogP contribution in [0.5, 0.6) is 5.75 Å². The average molecular weight is 321 g/mol. The molecule has 2 aromatic carbocycles. The average Bonchev–Trinajstić information content (AvgIpc) is 2.45. The Hall–Kier alpha value is -2.78. The standard InChI is InChI=1S/C13H11N3O5S/c14-22(20,21)12-3-1-2-10(7-12)15-8-9-6-11(16(18)19)4-5-13(9)17/h1-8,17H,(H2,14,20,21). The molecular weight excluding hydrogens is 310 g/mol. The highest BCUT2D eigenvalue weighted by Gasteiger charge is 2.09. The molecule has 8 nitrogen and oxygen atoms in total. The molecule has 2 rings (SSSR count). The Morgan fingerprint density at radius 3 is 2.59 bits per heavy atom. The lowest BCUT2D eigenvalue weighted by Crippen LogP contribution is -2.11. The van der Waals surface area contributed by atoms with Crippen LogP contribution < -0.4 is 5.14 Å². The molecule has 0 unspecified atom stereocenters. The highest BCUT2D eigenvalue weighted by molar-refractivity contribution is 7.89. The van der Waals surface area contributed by atoms with Crippen molar-refractivity contribution in [3.05, 3.63) is 58.1 Å². The van der Waals surface area contributed by atoms with Crippen molar-refractivity contribution < 1.29 is 18.4 Å². The first-order valence-corrected chi connectivity index (χ1v) is 7.46. The molecule has 9 heteroatoms. The Labute approximate surface area is 125 Å². The fourth-order valence-electron chi connectivity index (χ4n) is 1.64. The highest BCUT2D eigenvalue weighted by Crippen LogP contribution is 2.23. The second kappa shape index (κ2) is 5.92. The highest BCUT2D eigenvalue weighted by atomic mass is 32.2. The van der Waals surface area contributed by atoms with E-state index in [-0.39, 0.29) is 27.6 Å². The van der Waals surface area contributed by atoms with Crippen LogP contribution in [-0.4, -0.2) is 24.7 Å². The second-order valence-corrected chi connectivity index (χ2v) is 5.86. The van der Waals surface area contributed by atoms with Crippen LogP contribution in [-0.2, 0) is 10.0 Å². The van der Waals surface area contributed by atoms with Crippen molar-refractivity contribution >= 4 is 27.6 Å². The molecule has 0 aliphatic heterocycles. The van der Waals surface area contributed by atoms with Crippen molar-refractivity contribution in [2.75, 3.05) is 0 Å². The summed E-state index contributed by atoms with van der Waals surface area (Å²) in [5.74, 6) is -0.183. The number of nitrogens with two attached hydrogens (primary N) is 1. The van der Waals surface area contributed by atoms with Gasteiger partial charge < -0.3 is 5.11 Å². The van der Waals surface area contributed by atoms with Crippen LogP contribution in [0.1, 0.15) is 5.56 Å². The van der Waals surface area contributed by atoms with Gasteiger partial charge in [0.25, 0.3) is 5.69 Å². The molecule has 2 aromatic rings. The molecule has 22 heavy (non-hydrogen) atoms. The molecule has 0 fully saturated rings. The van der Waals surface area contributed by atoms with Gasteiger partial charge in [0.1, 0.15) is 5.75 Å². The summed E-state index contributed by atoms with van der Waals surface area (Å²) in [6.45, 7) is 0. The summed E-state index contributed by atoms with van der Waals surface area (Å²) in [4.78, 5) is 14.0. The molecule has 0 spiro atoms. The molecule has 0 bridgehead atoms. The summed E-state index contributed by atoms with van der Waals surface area (Å²) in [6.07, 6.45) is 1.20. The first-order valence-electron chi connectivity index (χ1n) is 5.92. The van der Waals surface area contributed by atoms with Crippen molar-refractivity contribution in [3.63, 3.8) is 0 Å². The lowest BCUT2D eigenvalue weighted by Gasteiger charge is -2.00. The minimum atomic E-state index is -3.85. The van der Waals surface area contributed by atoms with E-state index in [1.807, 2.05) is 0 Å². The van der Waals surface area contributed by atoms with Crippen molar-refractivity contribution in [1.82, 2.24) is 0 Å². The number of benzene rings is 2. The summed E-state index contributed by atoms with van der Waals surface area (Å²) in [5.41, 5.74) is 0.213. The number of hydrogen-bond donors (Lipinski definition) is 2. The predicted octanol–water partition coefficient (Wildman–Crippen LogP) is 1.70. The van der Waals surface area contributed by atoms with Crippen molar-refractivity contribution in [3.8, 4) is 5.75 Å². The summed E-state index contributed by atoms with van der Waals surface area (Å²) in [5, 5.41) is 25.4. The van der Waals surface area contributed by atoms with Crippen LogP contribution in [0.2, 0.25) is 0 Å². The maximum Gasteiger partial charge on any atom is 0.270 e. The third-order valence-corrected chi connectivity index (χ3v) is 3.63. The number of nitro benzene ring substituents is 1. The zero-order chi connectivity index (χ0) is 16.3. The van der Waals surface area contributed by atoms with E-state index in [9.17, 15) is 23.6 Å². The number of nitrogens with zero attached hydrogens (tertiary/aromatic N) is 2. The normalized spacial score (nSPS) is 11.7. The Kier molecular flexibility index (Phi) is 4.20. The predicted molar refractivity (Wildman–Crippen MR) is 79.8 cm³/mol. The Morgan fingerprint density at radius 1 is 1.23 bits per heavy atom. The van der Waals surface area contributed by atoms with Crippen LogP contribution >= 0.6 is 0 Å². The summed E-state index contributed by atoms with van der Waals surface area (Å²) in [7, 11) is -3.85. The van der Waals surface area contributed by atoms with Gasteiger partial charge in [-0.15, -0.1) is 0 Å². The molecule has 0 aromatic heterocycles. The molecule has 3 N–H and O–H groups in total. The number of phenolic OH excluding ortho intramolecular Hbond substituents is 1. The molecule has 0 radical (unpaired) electrons. The summed E-state index contributed by atoms with van der Waals surface area (Å²) in [6, 6.07) is 9.05. The SMILES string of the molecule is NS(=O)(=O)c1cccc(N=Cc2cc([N+](=O)[O-])ccc2O)c1. The van der Waals surface area contributed by atoms with E-state index in [1.54, 1.807) is 0 Å². The van der Waals surface area contributed by atoms with E-state index >= 15 is 0 Å². The van der Waals surface area contributed by atoms with E-state index in [0.717, 1.165) is 12.1 Å². The minimum Gasteiger partial charge on any atom is -0.507 e. The van der Waals surface area contributed by atoms with E-state index in [1.165, 1.54) is 36.5 Å². The van der Waals surface area contributed by atoms with Crippen molar-refractivity contribution in [2.45, 2.75) is 4.90 Å². The molecule has 0 saturated carbocycles. The van der Waals surface area contributed by atoms with Gasteiger partial charge in [-0.2, -0.15) is 0 Å². The van der Waals surface area contributed by atoms with E-state index < -0.39 is 14.9 Å². The summed E-state index contributed by atoms with van der Waals surface area (Å²) >= 11 is 0.